The second-order valence-corrected chi connectivity index (χ2v) is 3.92. The lowest BCUT2D eigenvalue weighted by Gasteiger charge is -2.23. The molecule has 0 radical (unpaired) electrons. The van der Waals surface area contributed by atoms with E-state index in [1.807, 2.05) is 0 Å². The van der Waals surface area contributed by atoms with Crippen LogP contribution in [0.15, 0.2) is 18.2 Å². The van der Waals surface area contributed by atoms with E-state index in [4.69, 9.17) is 9.47 Å². The second-order valence-electron chi connectivity index (χ2n) is 3.92. The highest BCUT2D eigenvalue weighted by molar-refractivity contribution is 5.95. The first-order valence-corrected chi connectivity index (χ1v) is 5.66. The van der Waals surface area contributed by atoms with E-state index in [0.717, 1.165) is 0 Å². The number of morpholine rings is 1. The van der Waals surface area contributed by atoms with Gasteiger partial charge >= 0.3 is 0 Å². The number of hydrogen-bond acceptors (Lipinski definition) is 4. The number of carbonyl (C=O) groups is 1. The van der Waals surface area contributed by atoms with E-state index < -0.39 is 11.9 Å². The molecule has 1 fully saturated rings. The molecular formula is C12H16ClFN2O3. The molecule has 1 aromatic rings. The van der Waals surface area contributed by atoms with Gasteiger partial charge in [-0.3, -0.25) is 4.79 Å². The topological polar surface area (TPSA) is 59.6 Å². The van der Waals surface area contributed by atoms with Crippen molar-refractivity contribution in [1.29, 1.82) is 0 Å². The fourth-order valence-corrected chi connectivity index (χ4v) is 1.68. The minimum atomic E-state index is -0.499. The van der Waals surface area contributed by atoms with Crippen LogP contribution < -0.4 is 15.4 Å². The third-order valence-corrected chi connectivity index (χ3v) is 2.67. The number of benzene rings is 1. The highest BCUT2D eigenvalue weighted by Gasteiger charge is 2.22. The Morgan fingerprint density at radius 1 is 1.58 bits per heavy atom. The van der Waals surface area contributed by atoms with Crippen molar-refractivity contribution in [1.82, 2.24) is 5.32 Å². The fraction of sp³-hybridized carbons (Fsp3) is 0.417. The van der Waals surface area contributed by atoms with Crippen LogP contribution in [-0.2, 0) is 9.53 Å². The number of anilines is 1. The van der Waals surface area contributed by atoms with Crippen molar-refractivity contribution in [2.75, 3.05) is 32.2 Å². The van der Waals surface area contributed by atoms with Crippen LogP contribution in [0, 0.1) is 5.82 Å². The normalized spacial score (nSPS) is 18.3. The first-order chi connectivity index (χ1) is 8.70. The highest BCUT2D eigenvalue weighted by atomic mass is 35.5. The van der Waals surface area contributed by atoms with Gasteiger partial charge in [-0.2, -0.15) is 0 Å². The summed E-state index contributed by atoms with van der Waals surface area (Å²) in [5.74, 6) is -0.331. The van der Waals surface area contributed by atoms with Gasteiger partial charge in [0.1, 0.15) is 17.6 Å². The van der Waals surface area contributed by atoms with Crippen LogP contribution in [-0.4, -0.2) is 38.8 Å². The second kappa shape index (κ2) is 7.28. The van der Waals surface area contributed by atoms with E-state index in [2.05, 4.69) is 10.6 Å². The Labute approximate surface area is 116 Å². The van der Waals surface area contributed by atoms with Crippen molar-refractivity contribution in [3.05, 3.63) is 24.0 Å². The molecule has 0 saturated carbocycles. The Hall–Kier alpha value is -1.37. The van der Waals surface area contributed by atoms with Gasteiger partial charge in [-0.1, -0.05) is 0 Å². The number of ether oxygens (including phenoxy) is 2. The Bertz CT molecular complexity index is 439. The van der Waals surface area contributed by atoms with Gasteiger partial charge in [-0.15, -0.1) is 12.4 Å². The van der Waals surface area contributed by atoms with Crippen molar-refractivity contribution < 1.29 is 18.7 Å². The molecule has 1 amide bonds. The zero-order valence-corrected chi connectivity index (χ0v) is 11.3. The van der Waals surface area contributed by atoms with E-state index in [1.165, 1.54) is 25.3 Å². The number of carbonyl (C=O) groups excluding carboxylic acids is 1. The predicted molar refractivity (Wildman–Crippen MR) is 71.4 cm³/mol. The van der Waals surface area contributed by atoms with Crippen molar-refractivity contribution in [2.24, 2.45) is 0 Å². The zero-order chi connectivity index (χ0) is 13.0. The van der Waals surface area contributed by atoms with Crippen LogP contribution >= 0.6 is 12.4 Å². The van der Waals surface area contributed by atoms with Gasteiger partial charge in [-0.05, 0) is 12.1 Å². The zero-order valence-electron chi connectivity index (χ0n) is 10.4. The smallest absolute Gasteiger partial charge is 0.243 e. The summed E-state index contributed by atoms with van der Waals surface area (Å²) >= 11 is 0. The molecule has 0 bridgehead atoms. The van der Waals surface area contributed by atoms with Gasteiger partial charge in [0.05, 0.1) is 26.0 Å². The number of hydrogen-bond donors (Lipinski definition) is 2. The molecule has 1 aliphatic rings. The standard InChI is InChI=1S/C12H15FN2O3.ClH/c1-17-8-2-3-9(13)10(6-8)15-12(16)11-7-18-5-4-14-11;/h2-3,6,11,14H,4-5,7H2,1H3,(H,15,16);1H. The first-order valence-electron chi connectivity index (χ1n) is 5.66. The average molecular weight is 291 g/mol. The van der Waals surface area contributed by atoms with E-state index in [9.17, 15) is 9.18 Å². The van der Waals surface area contributed by atoms with Gasteiger partial charge < -0.3 is 20.1 Å². The summed E-state index contributed by atoms with van der Waals surface area (Å²) in [7, 11) is 1.48. The molecule has 0 spiro atoms. The molecule has 1 unspecified atom stereocenters. The highest BCUT2D eigenvalue weighted by Crippen LogP contribution is 2.21. The number of nitrogens with one attached hydrogen (secondary N) is 2. The molecule has 106 valence electrons. The molecule has 1 aromatic carbocycles. The van der Waals surface area contributed by atoms with E-state index in [1.54, 1.807) is 0 Å². The third kappa shape index (κ3) is 4.05. The predicted octanol–water partition coefficient (Wildman–Crippen LogP) is 1.18. The summed E-state index contributed by atoms with van der Waals surface area (Å²) in [5.41, 5.74) is 0.103. The van der Waals surface area contributed by atoms with Crippen molar-refractivity contribution in [2.45, 2.75) is 6.04 Å². The molecular weight excluding hydrogens is 275 g/mol. The lowest BCUT2D eigenvalue weighted by atomic mass is 10.2. The van der Waals surface area contributed by atoms with Crippen molar-refractivity contribution >= 4 is 24.0 Å². The van der Waals surface area contributed by atoms with Gasteiger partial charge in [0.15, 0.2) is 0 Å². The summed E-state index contributed by atoms with van der Waals surface area (Å²) in [4.78, 5) is 11.9. The Morgan fingerprint density at radius 2 is 2.37 bits per heavy atom. The summed E-state index contributed by atoms with van der Waals surface area (Å²) < 4.78 is 23.7. The van der Waals surface area contributed by atoms with Gasteiger partial charge in [0.25, 0.3) is 0 Å². The van der Waals surface area contributed by atoms with Gasteiger partial charge in [0.2, 0.25) is 5.91 Å². The van der Waals surface area contributed by atoms with E-state index in [-0.39, 0.29) is 30.6 Å². The molecule has 2 N–H and O–H groups in total. The largest absolute Gasteiger partial charge is 0.497 e. The van der Waals surface area contributed by atoms with Gasteiger partial charge in [0, 0.05) is 12.6 Å². The third-order valence-electron chi connectivity index (χ3n) is 2.67. The summed E-state index contributed by atoms with van der Waals surface area (Å²) in [6.45, 7) is 1.48. The van der Waals surface area contributed by atoms with E-state index in [0.29, 0.717) is 18.9 Å². The van der Waals surface area contributed by atoms with Gasteiger partial charge in [-0.25, -0.2) is 4.39 Å². The number of amides is 1. The van der Waals surface area contributed by atoms with Crippen LogP contribution in [0.2, 0.25) is 0 Å². The Kier molecular flexibility index (Phi) is 6.01. The fourth-order valence-electron chi connectivity index (χ4n) is 1.68. The summed E-state index contributed by atoms with van der Waals surface area (Å²) in [6.07, 6.45) is 0. The van der Waals surface area contributed by atoms with Crippen molar-refractivity contribution in [3.8, 4) is 5.75 Å². The molecule has 7 heteroatoms. The van der Waals surface area contributed by atoms with Crippen LogP contribution in [0.25, 0.3) is 0 Å². The monoisotopic (exact) mass is 290 g/mol. The van der Waals surface area contributed by atoms with Crippen LogP contribution in [0.4, 0.5) is 10.1 Å². The number of methoxy groups -OCH3 is 1. The molecule has 1 saturated heterocycles. The molecule has 19 heavy (non-hydrogen) atoms. The Morgan fingerprint density at radius 3 is 3.00 bits per heavy atom. The first kappa shape index (κ1) is 15.7. The van der Waals surface area contributed by atoms with Crippen LogP contribution in [0.3, 0.4) is 0 Å². The molecule has 1 heterocycles. The lowest BCUT2D eigenvalue weighted by molar-refractivity contribution is -0.120. The summed E-state index contributed by atoms with van der Waals surface area (Å²) in [6, 6.07) is 3.73. The van der Waals surface area contributed by atoms with Crippen molar-refractivity contribution in [3.63, 3.8) is 0 Å². The molecule has 0 aromatic heterocycles. The van der Waals surface area contributed by atoms with Crippen LogP contribution in [0.1, 0.15) is 0 Å². The number of rotatable bonds is 3. The molecule has 5 nitrogen and oxygen atoms in total. The van der Waals surface area contributed by atoms with Crippen LogP contribution in [0.5, 0.6) is 5.75 Å². The Balaban J connectivity index is 0.00000180. The molecule has 2 rings (SSSR count). The lowest BCUT2D eigenvalue weighted by Crippen LogP contribution is -2.48. The van der Waals surface area contributed by atoms with E-state index >= 15 is 0 Å². The maximum atomic E-state index is 13.5. The molecule has 1 aliphatic heterocycles. The SMILES string of the molecule is COc1ccc(F)c(NC(=O)C2COCCN2)c1.Cl. The average Bonchev–Trinajstić information content (AvgIpc) is 2.42. The summed E-state index contributed by atoms with van der Waals surface area (Å²) in [5, 5.41) is 5.51. The molecule has 1 atom stereocenters. The quantitative estimate of drug-likeness (QED) is 0.878. The maximum absolute atomic E-state index is 13.5. The maximum Gasteiger partial charge on any atom is 0.243 e. The minimum absolute atomic E-state index is 0. The number of halogens is 2. The minimum Gasteiger partial charge on any atom is -0.497 e. The molecule has 0 aliphatic carbocycles.